The van der Waals surface area contributed by atoms with Gasteiger partial charge < -0.3 is 20.3 Å². The predicted molar refractivity (Wildman–Crippen MR) is 123 cm³/mol. The molecule has 0 aliphatic carbocycles. The summed E-state index contributed by atoms with van der Waals surface area (Å²) in [6.45, 7) is 9.00. The Kier molecular flexibility index (Phi) is 7.52. The molecule has 166 valence electrons. The van der Waals surface area contributed by atoms with Gasteiger partial charge in [0.1, 0.15) is 11.5 Å². The number of nitrogens with one attached hydrogen (secondary N) is 2. The Labute approximate surface area is 184 Å². The fourth-order valence-corrected chi connectivity index (χ4v) is 3.43. The molecule has 0 bridgehead atoms. The number of para-hydroxylation sites is 1. The molecule has 1 aliphatic rings. The van der Waals surface area contributed by atoms with Gasteiger partial charge in [0, 0.05) is 37.4 Å². The Morgan fingerprint density at radius 3 is 2.26 bits per heavy atom. The second kappa shape index (κ2) is 10.3. The molecule has 0 unspecified atom stereocenters. The van der Waals surface area contributed by atoms with Crippen LogP contribution in [0.3, 0.4) is 0 Å². The minimum atomic E-state index is -0.240. The molecular weight excluding hydrogens is 392 g/mol. The van der Waals surface area contributed by atoms with Crippen LogP contribution in [0.25, 0.3) is 0 Å². The van der Waals surface area contributed by atoms with Gasteiger partial charge in [-0.25, -0.2) is 4.79 Å². The third-order valence-corrected chi connectivity index (χ3v) is 4.84. The lowest BCUT2D eigenvalue weighted by atomic mass is 10.1. The van der Waals surface area contributed by atoms with E-state index in [4.69, 9.17) is 4.74 Å². The van der Waals surface area contributed by atoms with Crippen LogP contribution < -0.4 is 15.4 Å². The van der Waals surface area contributed by atoms with Gasteiger partial charge in [0.2, 0.25) is 5.91 Å². The van der Waals surface area contributed by atoms with E-state index in [1.807, 2.05) is 75.4 Å². The van der Waals surface area contributed by atoms with E-state index >= 15 is 0 Å². The maximum atomic E-state index is 12.7. The number of benzene rings is 2. The summed E-state index contributed by atoms with van der Waals surface area (Å²) >= 11 is 0. The molecule has 0 radical (unpaired) electrons. The average Bonchev–Trinajstić information content (AvgIpc) is 2.94. The van der Waals surface area contributed by atoms with Crippen molar-refractivity contribution in [3.63, 3.8) is 0 Å². The fourth-order valence-electron chi connectivity index (χ4n) is 3.43. The van der Waals surface area contributed by atoms with Crippen LogP contribution in [0.1, 0.15) is 27.2 Å². The van der Waals surface area contributed by atoms with Gasteiger partial charge in [-0.3, -0.25) is 9.69 Å². The van der Waals surface area contributed by atoms with Crippen LogP contribution in [-0.4, -0.2) is 60.0 Å². The van der Waals surface area contributed by atoms with Crippen molar-refractivity contribution < 1.29 is 14.3 Å². The molecule has 1 fully saturated rings. The molecule has 2 aromatic carbocycles. The van der Waals surface area contributed by atoms with E-state index in [2.05, 4.69) is 15.5 Å². The average molecular weight is 425 g/mol. The molecular formula is C24H32N4O3. The lowest BCUT2D eigenvalue weighted by Crippen LogP contribution is -2.46. The van der Waals surface area contributed by atoms with Gasteiger partial charge in [-0.2, -0.15) is 0 Å². The number of carbonyl (C=O) groups is 2. The zero-order chi connectivity index (χ0) is 22.3. The van der Waals surface area contributed by atoms with Crippen LogP contribution in [-0.2, 0) is 4.79 Å². The van der Waals surface area contributed by atoms with Gasteiger partial charge in [0.05, 0.1) is 6.54 Å². The third kappa shape index (κ3) is 7.61. The van der Waals surface area contributed by atoms with E-state index in [1.165, 1.54) is 0 Å². The first-order chi connectivity index (χ1) is 14.8. The Morgan fingerprint density at radius 1 is 0.903 bits per heavy atom. The molecule has 0 atom stereocenters. The zero-order valence-electron chi connectivity index (χ0n) is 18.6. The molecule has 1 heterocycles. The van der Waals surface area contributed by atoms with Crippen molar-refractivity contribution in [2.75, 3.05) is 38.0 Å². The Hall–Kier alpha value is -3.06. The second-order valence-electron chi connectivity index (χ2n) is 8.78. The summed E-state index contributed by atoms with van der Waals surface area (Å²) in [7, 11) is 0. The first-order valence-corrected chi connectivity index (χ1v) is 10.7. The predicted octanol–water partition coefficient (Wildman–Crippen LogP) is 3.93. The van der Waals surface area contributed by atoms with Crippen molar-refractivity contribution in [1.82, 2.24) is 15.1 Å². The molecule has 1 saturated heterocycles. The number of rotatable bonds is 5. The molecule has 3 amide bonds. The van der Waals surface area contributed by atoms with Crippen LogP contribution in [0.5, 0.6) is 11.5 Å². The number of hydrogen-bond donors (Lipinski definition) is 2. The highest BCUT2D eigenvalue weighted by molar-refractivity contribution is 5.89. The van der Waals surface area contributed by atoms with Crippen LogP contribution in [0.15, 0.2) is 54.6 Å². The van der Waals surface area contributed by atoms with E-state index in [0.29, 0.717) is 31.9 Å². The Balaban J connectivity index is 1.47. The van der Waals surface area contributed by atoms with Crippen LogP contribution in [0, 0.1) is 0 Å². The standard InChI is InChI=1S/C24H32N4O3/c1-24(2,3)26-22(29)18-27-14-7-15-28(17-16-27)23(30)25-19-10-12-21(13-11-19)31-20-8-5-4-6-9-20/h4-6,8-13H,7,14-18H2,1-3H3,(H,25,30)(H,26,29). The summed E-state index contributed by atoms with van der Waals surface area (Å²) in [5.74, 6) is 1.50. The van der Waals surface area contributed by atoms with E-state index in [0.717, 1.165) is 24.4 Å². The van der Waals surface area contributed by atoms with Crippen LogP contribution in [0.2, 0.25) is 0 Å². The summed E-state index contributed by atoms with van der Waals surface area (Å²) in [4.78, 5) is 28.8. The minimum absolute atomic E-state index is 0.0169. The summed E-state index contributed by atoms with van der Waals surface area (Å²) in [5, 5.41) is 5.94. The van der Waals surface area contributed by atoms with Crippen LogP contribution in [0.4, 0.5) is 10.5 Å². The summed E-state index contributed by atoms with van der Waals surface area (Å²) in [5.41, 5.74) is 0.479. The quantitative estimate of drug-likeness (QED) is 0.763. The first kappa shape index (κ1) is 22.6. The SMILES string of the molecule is CC(C)(C)NC(=O)CN1CCCN(C(=O)Nc2ccc(Oc3ccccc3)cc2)CC1. The highest BCUT2D eigenvalue weighted by Crippen LogP contribution is 2.22. The molecule has 0 aromatic heterocycles. The molecule has 3 rings (SSSR count). The van der Waals surface area contributed by atoms with Crippen molar-refractivity contribution in [3.05, 3.63) is 54.6 Å². The van der Waals surface area contributed by atoms with Gasteiger partial charge in [-0.1, -0.05) is 18.2 Å². The van der Waals surface area contributed by atoms with Crippen molar-refractivity contribution in [2.24, 2.45) is 0 Å². The Bertz CT molecular complexity index is 863. The summed E-state index contributed by atoms with van der Waals surface area (Å²) in [6, 6.07) is 16.8. The summed E-state index contributed by atoms with van der Waals surface area (Å²) < 4.78 is 5.78. The number of hydrogen-bond acceptors (Lipinski definition) is 4. The number of anilines is 1. The maximum Gasteiger partial charge on any atom is 0.321 e. The van der Waals surface area contributed by atoms with E-state index in [9.17, 15) is 9.59 Å². The number of urea groups is 1. The zero-order valence-corrected chi connectivity index (χ0v) is 18.6. The molecule has 31 heavy (non-hydrogen) atoms. The highest BCUT2D eigenvalue weighted by Gasteiger charge is 2.22. The normalized spacial score (nSPS) is 15.1. The smallest absolute Gasteiger partial charge is 0.321 e. The number of amides is 3. The topological polar surface area (TPSA) is 73.9 Å². The number of ether oxygens (including phenoxy) is 1. The molecule has 0 spiro atoms. The highest BCUT2D eigenvalue weighted by atomic mass is 16.5. The molecule has 7 nitrogen and oxygen atoms in total. The second-order valence-corrected chi connectivity index (χ2v) is 8.78. The van der Waals surface area contributed by atoms with E-state index < -0.39 is 0 Å². The monoisotopic (exact) mass is 424 g/mol. The van der Waals surface area contributed by atoms with Gasteiger partial charge in [-0.05, 0) is 63.6 Å². The maximum absolute atomic E-state index is 12.7. The van der Waals surface area contributed by atoms with Gasteiger partial charge in [0.15, 0.2) is 0 Å². The fraction of sp³-hybridized carbons (Fsp3) is 0.417. The molecule has 7 heteroatoms. The molecule has 2 N–H and O–H groups in total. The van der Waals surface area contributed by atoms with Gasteiger partial charge in [0.25, 0.3) is 0 Å². The van der Waals surface area contributed by atoms with Gasteiger partial charge >= 0.3 is 6.03 Å². The molecule has 2 aromatic rings. The number of nitrogens with zero attached hydrogens (tertiary/aromatic N) is 2. The lowest BCUT2D eigenvalue weighted by Gasteiger charge is -2.25. The van der Waals surface area contributed by atoms with Gasteiger partial charge in [-0.15, -0.1) is 0 Å². The van der Waals surface area contributed by atoms with Crippen LogP contribution >= 0.6 is 0 Å². The number of carbonyl (C=O) groups excluding carboxylic acids is 2. The van der Waals surface area contributed by atoms with E-state index in [-0.39, 0.29) is 17.5 Å². The largest absolute Gasteiger partial charge is 0.457 e. The third-order valence-electron chi connectivity index (χ3n) is 4.84. The molecule has 0 saturated carbocycles. The van der Waals surface area contributed by atoms with Crippen molar-refractivity contribution >= 4 is 17.6 Å². The van der Waals surface area contributed by atoms with Crippen molar-refractivity contribution in [3.8, 4) is 11.5 Å². The Morgan fingerprint density at radius 2 is 1.58 bits per heavy atom. The first-order valence-electron chi connectivity index (χ1n) is 10.7. The van der Waals surface area contributed by atoms with Crippen molar-refractivity contribution in [1.29, 1.82) is 0 Å². The minimum Gasteiger partial charge on any atom is -0.457 e. The summed E-state index contributed by atoms with van der Waals surface area (Å²) in [6.07, 6.45) is 0.833. The lowest BCUT2D eigenvalue weighted by molar-refractivity contribution is -0.123. The van der Waals surface area contributed by atoms with Crippen molar-refractivity contribution in [2.45, 2.75) is 32.7 Å². The van der Waals surface area contributed by atoms with E-state index in [1.54, 1.807) is 4.90 Å². The molecule has 1 aliphatic heterocycles.